The molecule has 0 aliphatic heterocycles. The van der Waals surface area contributed by atoms with Crippen molar-refractivity contribution in [1.82, 2.24) is 14.8 Å². The number of amides is 1. The molecule has 2 fully saturated rings. The van der Waals surface area contributed by atoms with Gasteiger partial charge in [0, 0.05) is 19.2 Å². The van der Waals surface area contributed by atoms with Crippen molar-refractivity contribution in [3.05, 3.63) is 22.1 Å². The Hall–Kier alpha value is -2.25. The zero-order valence-electron chi connectivity index (χ0n) is 12.0. The SMILES string of the molecule is Cc1cc2[nH]nc(NC(=O)C3CC34CC4(F)F)c2c(=O)n1C. The Balaban J connectivity index is 1.65. The van der Waals surface area contributed by atoms with Gasteiger partial charge < -0.3 is 9.88 Å². The Morgan fingerprint density at radius 3 is 2.82 bits per heavy atom. The molecular weight excluding hydrogens is 294 g/mol. The number of aromatic amines is 1. The van der Waals surface area contributed by atoms with E-state index in [2.05, 4.69) is 15.5 Å². The standard InChI is InChI=1S/C14H14F2N4O2/c1-6-3-8-9(12(22)20(6)2)10(19-18-8)17-11(21)7-4-13(7)5-14(13,15)16/h3,7H,4-5H2,1-2H3,(H2,17,18,19,21). The molecule has 1 spiro atoms. The van der Waals surface area contributed by atoms with Crippen LogP contribution in [-0.2, 0) is 11.8 Å². The number of nitrogens with one attached hydrogen (secondary N) is 2. The number of alkyl halides is 2. The maximum atomic E-state index is 13.2. The first-order chi connectivity index (χ1) is 10.3. The zero-order valence-corrected chi connectivity index (χ0v) is 12.0. The largest absolute Gasteiger partial charge is 0.315 e. The molecule has 0 aromatic carbocycles. The van der Waals surface area contributed by atoms with Crippen LogP contribution in [0.5, 0.6) is 0 Å². The van der Waals surface area contributed by atoms with Gasteiger partial charge in [-0.25, -0.2) is 8.78 Å². The van der Waals surface area contributed by atoms with Crippen molar-refractivity contribution in [2.75, 3.05) is 5.32 Å². The fourth-order valence-corrected chi connectivity index (χ4v) is 3.20. The van der Waals surface area contributed by atoms with Gasteiger partial charge in [0.05, 0.1) is 16.8 Å². The lowest BCUT2D eigenvalue weighted by atomic mass is 10.2. The van der Waals surface area contributed by atoms with Gasteiger partial charge in [-0.1, -0.05) is 0 Å². The first-order valence-corrected chi connectivity index (χ1v) is 7.00. The lowest BCUT2D eigenvalue weighted by Gasteiger charge is -2.04. The number of hydrogen-bond donors (Lipinski definition) is 2. The van der Waals surface area contributed by atoms with E-state index in [1.165, 1.54) is 4.57 Å². The van der Waals surface area contributed by atoms with Crippen LogP contribution in [0.4, 0.5) is 14.6 Å². The number of carbonyl (C=O) groups excluding carboxylic acids is 1. The smallest absolute Gasteiger partial charge is 0.263 e. The van der Waals surface area contributed by atoms with Crippen molar-refractivity contribution in [3.63, 3.8) is 0 Å². The van der Waals surface area contributed by atoms with Crippen molar-refractivity contribution < 1.29 is 13.6 Å². The second-order valence-corrected chi connectivity index (χ2v) is 6.29. The Labute approximate surface area is 123 Å². The second-order valence-electron chi connectivity index (χ2n) is 6.29. The molecule has 2 unspecified atom stereocenters. The molecule has 0 bridgehead atoms. The monoisotopic (exact) mass is 308 g/mol. The zero-order chi connectivity index (χ0) is 15.9. The van der Waals surface area contributed by atoms with E-state index in [-0.39, 0.29) is 29.6 Å². The average molecular weight is 308 g/mol. The number of anilines is 1. The fourth-order valence-electron chi connectivity index (χ4n) is 3.20. The van der Waals surface area contributed by atoms with Crippen LogP contribution in [0, 0.1) is 18.3 Å². The fraction of sp³-hybridized carbons (Fsp3) is 0.500. The molecule has 2 aliphatic carbocycles. The van der Waals surface area contributed by atoms with Crippen LogP contribution >= 0.6 is 0 Å². The molecule has 8 heteroatoms. The summed E-state index contributed by atoms with van der Waals surface area (Å²) in [5.74, 6) is -3.81. The summed E-state index contributed by atoms with van der Waals surface area (Å²) < 4.78 is 27.9. The highest BCUT2D eigenvalue weighted by atomic mass is 19.3. The summed E-state index contributed by atoms with van der Waals surface area (Å²) in [6.07, 6.45) is -0.0222. The molecule has 2 aromatic heterocycles. The first-order valence-electron chi connectivity index (χ1n) is 7.00. The highest BCUT2D eigenvalue weighted by molar-refractivity contribution is 6.01. The van der Waals surface area contributed by atoms with Crippen LogP contribution in [0.2, 0.25) is 0 Å². The van der Waals surface area contributed by atoms with Crippen LogP contribution < -0.4 is 10.9 Å². The predicted molar refractivity (Wildman–Crippen MR) is 74.8 cm³/mol. The van der Waals surface area contributed by atoms with E-state index in [9.17, 15) is 18.4 Å². The molecule has 2 N–H and O–H groups in total. The molecule has 2 aliphatic rings. The molecule has 22 heavy (non-hydrogen) atoms. The minimum atomic E-state index is -2.73. The van der Waals surface area contributed by atoms with Crippen molar-refractivity contribution >= 4 is 22.6 Å². The number of nitrogens with zero attached hydrogens (tertiary/aromatic N) is 2. The molecule has 2 aromatic rings. The summed E-state index contributed by atoms with van der Waals surface area (Å²) in [5.41, 5.74) is -0.164. The van der Waals surface area contributed by atoms with E-state index in [4.69, 9.17) is 0 Å². The number of aromatic nitrogens is 3. The molecule has 2 heterocycles. The van der Waals surface area contributed by atoms with Gasteiger partial charge in [-0.2, -0.15) is 5.10 Å². The minimum absolute atomic E-state index is 0.103. The van der Waals surface area contributed by atoms with E-state index in [0.29, 0.717) is 5.52 Å². The second kappa shape index (κ2) is 3.74. The summed E-state index contributed by atoms with van der Waals surface area (Å²) in [4.78, 5) is 24.4. The van der Waals surface area contributed by atoms with E-state index in [0.717, 1.165) is 5.69 Å². The summed E-state index contributed by atoms with van der Waals surface area (Å²) in [5, 5.41) is 9.41. The Bertz CT molecular complexity index is 885. The van der Waals surface area contributed by atoms with Gasteiger partial charge in [-0.3, -0.25) is 14.7 Å². The summed E-state index contributed by atoms with van der Waals surface area (Å²) in [6, 6.07) is 1.74. The number of carbonyl (C=O) groups is 1. The van der Waals surface area contributed by atoms with Crippen molar-refractivity contribution in [2.24, 2.45) is 18.4 Å². The number of fused-ring (bicyclic) bond motifs is 1. The summed E-state index contributed by atoms with van der Waals surface area (Å²) in [7, 11) is 1.62. The van der Waals surface area contributed by atoms with Crippen molar-refractivity contribution in [1.29, 1.82) is 0 Å². The molecule has 6 nitrogen and oxygen atoms in total. The van der Waals surface area contributed by atoms with E-state index < -0.39 is 23.2 Å². The minimum Gasteiger partial charge on any atom is -0.315 e. The molecule has 2 saturated carbocycles. The lowest BCUT2D eigenvalue weighted by molar-refractivity contribution is -0.118. The lowest BCUT2D eigenvalue weighted by Crippen LogP contribution is -2.21. The third-order valence-electron chi connectivity index (χ3n) is 4.97. The van der Waals surface area contributed by atoms with Crippen molar-refractivity contribution in [3.8, 4) is 0 Å². The van der Waals surface area contributed by atoms with Gasteiger partial charge in [0.2, 0.25) is 5.91 Å². The van der Waals surface area contributed by atoms with Crippen LogP contribution in [0.1, 0.15) is 18.5 Å². The molecule has 0 saturated heterocycles. The summed E-state index contributed by atoms with van der Waals surface area (Å²) in [6.45, 7) is 1.78. The molecule has 1 amide bonds. The Morgan fingerprint density at radius 2 is 2.23 bits per heavy atom. The van der Waals surface area contributed by atoms with Gasteiger partial charge in [0.25, 0.3) is 11.5 Å². The topological polar surface area (TPSA) is 79.8 Å². The highest BCUT2D eigenvalue weighted by Gasteiger charge is 2.85. The van der Waals surface area contributed by atoms with Crippen molar-refractivity contribution in [2.45, 2.75) is 25.7 Å². The van der Waals surface area contributed by atoms with Gasteiger partial charge in [0.1, 0.15) is 5.39 Å². The normalized spacial score (nSPS) is 28.1. The van der Waals surface area contributed by atoms with Gasteiger partial charge >= 0.3 is 0 Å². The highest BCUT2D eigenvalue weighted by Crippen LogP contribution is 2.79. The molecule has 0 radical (unpaired) electrons. The number of pyridine rings is 1. The van der Waals surface area contributed by atoms with Crippen LogP contribution in [0.25, 0.3) is 10.9 Å². The van der Waals surface area contributed by atoms with Crippen LogP contribution in [0.3, 0.4) is 0 Å². The Morgan fingerprint density at radius 1 is 1.55 bits per heavy atom. The molecule has 116 valence electrons. The van der Waals surface area contributed by atoms with Gasteiger partial charge in [-0.15, -0.1) is 0 Å². The van der Waals surface area contributed by atoms with Crippen LogP contribution in [-0.4, -0.2) is 26.6 Å². The molecule has 2 atom stereocenters. The third-order valence-corrected chi connectivity index (χ3v) is 4.97. The number of aryl methyl sites for hydroxylation is 1. The van der Waals surface area contributed by atoms with Crippen LogP contribution in [0.15, 0.2) is 10.9 Å². The number of halogens is 2. The summed E-state index contributed by atoms with van der Waals surface area (Å²) >= 11 is 0. The third kappa shape index (κ3) is 1.55. The number of H-pyrrole nitrogens is 1. The quantitative estimate of drug-likeness (QED) is 0.883. The predicted octanol–water partition coefficient (Wildman–Crippen LogP) is 1.55. The average Bonchev–Trinajstić information content (AvgIpc) is 3.23. The van der Waals surface area contributed by atoms with E-state index in [1.807, 2.05) is 0 Å². The number of hydrogen-bond acceptors (Lipinski definition) is 3. The Kier molecular flexibility index (Phi) is 2.28. The van der Waals surface area contributed by atoms with Gasteiger partial charge in [-0.05, 0) is 19.4 Å². The van der Waals surface area contributed by atoms with E-state index >= 15 is 0 Å². The molecular formula is C14H14F2N4O2. The number of rotatable bonds is 2. The molecule has 4 rings (SSSR count). The van der Waals surface area contributed by atoms with E-state index in [1.54, 1.807) is 20.0 Å². The maximum Gasteiger partial charge on any atom is 0.263 e. The maximum absolute atomic E-state index is 13.2. The van der Waals surface area contributed by atoms with Gasteiger partial charge in [0.15, 0.2) is 5.82 Å². The first kappa shape index (κ1) is 13.4.